The van der Waals surface area contributed by atoms with Gasteiger partial charge in [-0.2, -0.15) is 0 Å². The standard InChI is InChI=1S/C12H21BO2/c1-11(2)12(3,4)15-13(14-11)10-8-6-5-7-9(8)10/h8-10H,5-7H2,1-4H3. The van der Waals surface area contributed by atoms with Gasteiger partial charge in [0.1, 0.15) is 0 Å². The van der Waals surface area contributed by atoms with E-state index >= 15 is 0 Å². The van der Waals surface area contributed by atoms with E-state index < -0.39 is 0 Å². The van der Waals surface area contributed by atoms with E-state index in [1.54, 1.807) is 0 Å². The molecule has 0 radical (unpaired) electrons. The molecule has 3 rings (SSSR count). The zero-order valence-electron chi connectivity index (χ0n) is 10.2. The molecule has 1 aliphatic heterocycles. The third kappa shape index (κ3) is 1.32. The molecule has 1 heterocycles. The van der Waals surface area contributed by atoms with E-state index in [1.807, 2.05) is 0 Å². The van der Waals surface area contributed by atoms with Crippen LogP contribution in [0, 0.1) is 11.8 Å². The first-order valence-electron chi connectivity index (χ1n) is 6.28. The molecule has 0 amide bonds. The molecule has 2 aliphatic carbocycles. The van der Waals surface area contributed by atoms with Crippen molar-refractivity contribution in [3.05, 3.63) is 0 Å². The summed E-state index contributed by atoms with van der Waals surface area (Å²) in [6.45, 7) is 8.58. The second-order valence-corrected chi connectivity index (χ2v) is 6.46. The van der Waals surface area contributed by atoms with Gasteiger partial charge in [-0.05, 0) is 39.5 Å². The SMILES string of the molecule is CC1(C)OB(C2C3CCCC32)OC1(C)C. The average Bonchev–Trinajstić information content (AvgIpc) is 2.47. The fourth-order valence-electron chi connectivity index (χ4n) is 3.33. The van der Waals surface area contributed by atoms with Crippen LogP contribution >= 0.6 is 0 Å². The van der Waals surface area contributed by atoms with Crippen molar-refractivity contribution in [3.63, 3.8) is 0 Å². The van der Waals surface area contributed by atoms with Gasteiger partial charge in [0.25, 0.3) is 0 Å². The van der Waals surface area contributed by atoms with Crippen LogP contribution in [0.25, 0.3) is 0 Å². The van der Waals surface area contributed by atoms with Crippen LogP contribution in [0.4, 0.5) is 0 Å². The number of hydrogen-bond acceptors (Lipinski definition) is 2. The van der Waals surface area contributed by atoms with Crippen LogP contribution in [0.2, 0.25) is 5.82 Å². The maximum absolute atomic E-state index is 6.10. The van der Waals surface area contributed by atoms with Gasteiger partial charge in [-0.1, -0.05) is 19.3 Å². The molecule has 2 unspecified atom stereocenters. The Bertz CT molecular complexity index is 261. The molecule has 3 heteroatoms. The van der Waals surface area contributed by atoms with Gasteiger partial charge in [0.05, 0.1) is 11.2 Å². The van der Waals surface area contributed by atoms with Gasteiger partial charge in [0, 0.05) is 5.82 Å². The van der Waals surface area contributed by atoms with Crippen molar-refractivity contribution in [1.82, 2.24) is 0 Å². The summed E-state index contributed by atoms with van der Waals surface area (Å²) in [5.74, 6) is 2.54. The van der Waals surface area contributed by atoms with Crippen LogP contribution in [-0.2, 0) is 9.31 Å². The summed E-state index contributed by atoms with van der Waals surface area (Å²) >= 11 is 0. The summed E-state index contributed by atoms with van der Waals surface area (Å²) in [7, 11) is 0.0744. The van der Waals surface area contributed by atoms with Gasteiger partial charge < -0.3 is 9.31 Å². The summed E-state index contributed by atoms with van der Waals surface area (Å²) in [6.07, 6.45) is 4.23. The lowest BCUT2D eigenvalue weighted by Gasteiger charge is -2.32. The topological polar surface area (TPSA) is 18.5 Å². The lowest BCUT2D eigenvalue weighted by atomic mass is 9.77. The van der Waals surface area contributed by atoms with Gasteiger partial charge in [0.15, 0.2) is 0 Å². The molecular formula is C12H21BO2. The smallest absolute Gasteiger partial charge is 0.403 e. The quantitative estimate of drug-likeness (QED) is 0.617. The molecule has 15 heavy (non-hydrogen) atoms. The lowest BCUT2D eigenvalue weighted by molar-refractivity contribution is 0.00578. The number of rotatable bonds is 1. The highest BCUT2D eigenvalue weighted by Gasteiger charge is 2.65. The summed E-state index contributed by atoms with van der Waals surface area (Å²) in [5.41, 5.74) is -0.289. The molecule has 0 spiro atoms. The maximum atomic E-state index is 6.10. The van der Waals surface area contributed by atoms with Crippen LogP contribution in [0.3, 0.4) is 0 Å². The minimum absolute atomic E-state index is 0.0744. The second-order valence-electron chi connectivity index (χ2n) is 6.46. The highest BCUT2D eigenvalue weighted by Crippen LogP contribution is 2.65. The Morgan fingerprint density at radius 2 is 1.40 bits per heavy atom. The van der Waals surface area contributed by atoms with E-state index in [4.69, 9.17) is 9.31 Å². The van der Waals surface area contributed by atoms with Gasteiger partial charge in [-0.3, -0.25) is 0 Å². The third-order valence-electron chi connectivity index (χ3n) is 5.06. The van der Waals surface area contributed by atoms with E-state index in [9.17, 15) is 0 Å². The van der Waals surface area contributed by atoms with Gasteiger partial charge in [-0.25, -0.2) is 0 Å². The zero-order valence-corrected chi connectivity index (χ0v) is 10.2. The minimum Gasteiger partial charge on any atom is -0.403 e. The molecule has 0 N–H and O–H groups in total. The van der Waals surface area contributed by atoms with Gasteiger partial charge in [0.2, 0.25) is 0 Å². The van der Waals surface area contributed by atoms with Crippen LogP contribution in [0.1, 0.15) is 47.0 Å². The van der Waals surface area contributed by atoms with Crippen molar-refractivity contribution in [2.75, 3.05) is 0 Å². The molecule has 84 valence electrons. The fraction of sp³-hybridized carbons (Fsp3) is 1.00. The summed E-state index contributed by atoms with van der Waals surface area (Å²) in [4.78, 5) is 0. The van der Waals surface area contributed by atoms with E-state index in [0.29, 0.717) is 5.82 Å². The van der Waals surface area contributed by atoms with Crippen molar-refractivity contribution in [2.24, 2.45) is 11.8 Å². The van der Waals surface area contributed by atoms with Crippen molar-refractivity contribution in [1.29, 1.82) is 0 Å². The Morgan fingerprint density at radius 3 is 1.87 bits per heavy atom. The second kappa shape index (κ2) is 2.81. The molecule has 1 saturated heterocycles. The lowest BCUT2D eigenvalue weighted by Crippen LogP contribution is -2.41. The van der Waals surface area contributed by atoms with Crippen molar-refractivity contribution < 1.29 is 9.31 Å². The molecule has 0 aromatic heterocycles. The molecule has 0 aromatic carbocycles. The largest absolute Gasteiger partial charge is 0.461 e. The fourth-order valence-corrected chi connectivity index (χ4v) is 3.33. The molecule has 2 atom stereocenters. The van der Waals surface area contributed by atoms with E-state index in [0.717, 1.165) is 11.8 Å². The van der Waals surface area contributed by atoms with Crippen LogP contribution in [-0.4, -0.2) is 18.3 Å². The van der Waals surface area contributed by atoms with E-state index in [1.165, 1.54) is 19.3 Å². The van der Waals surface area contributed by atoms with Crippen LogP contribution in [0.15, 0.2) is 0 Å². The van der Waals surface area contributed by atoms with Gasteiger partial charge in [-0.15, -0.1) is 0 Å². The molecule has 0 bridgehead atoms. The first-order chi connectivity index (χ1) is 6.92. The molecular weight excluding hydrogens is 187 g/mol. The zero-order chi connectivity index (χ0) is 10.8. The normalized spacial score (nSPS) is 45.6. The Morgan fingerprint density at radius 1 is 0.933 bits per heavy atom. The van der Waals surface area contributed by atoms with Gasteiger partial charge >= 0.3 is 7.12 Å². The molecule has 3 fully saturated rings. The van der Waals surface area contributed by atoms with Crippen LogP contribution < -0.4 is 0 Å². The first-order valence-corrected chi connectivity index (χ1v) is 6.28. The Kier molecular flexibility index (Phi) is 1.90. The minimum atomic E-state index is -0.144. The molecule has 0 aromatic rings. The Hall–Kier alpha value is -0.0151. The van der Waals surface area contributed by atoms with Crippen molar-refractivity contribution in [3.8, 4) is 0 Å². The Labute approximate surface area is 92.9 Å². The number of hydrogen-bond donors (Lipinski definition) is 0. The highest BCUT2D eigenvalue weighted by molar-refractivity contribution is 6.49. The summed E-state index contributed by atoms with van der Waals surface area (Å²) < 4.78 is 12.2. The average molecular weight is 208 g/mol. The summed E-state index contributed by atoms with van der Waals surface area (Å²) in [5, 5.41) is 0. The molecule has 2 saturated carbocycles. The Balaban J connectivity index is 1.72. The summed E-state index contributed by atoms with van der Waals surface area (Å²) in [6, 6.07) is 0. The maximum Gasteiger partial charge on any atom is 0.461 e. The van der Waals surface area contributed by atoms with E-state index in [2.05, 4.69) is 27.7 Å². The highest BCUT2D eigenvalue weighted by atomic mass is 16.7. The predicted octanol–water partition coefficient (Wildman–Crippen LogP) is 2.88. The van der Waals surface area contributed by atoms with Crippen LogP contribution in [0.5, 0.6) is 0 Å². The molecule has 2 nitrogen and oxygen atoms in total. The van der Waals surface area contributed by atoms with E-state index in [-0.39, 0.29) is 18.3 Å². The molecule has 3 aliphatic rings. The third-order valence-corrected chi connectivity index (χ3v) is 5.06. The predicted molar refractivity (Wildman–Crippen MR) is 60.7 cm³/mol. The first kappa shape index (κ1) is 10.2. The van der Waals surface area contributed by atoms with Crippen molar-refractivity contribution >= 4 is 7.12 Å². The monoisotopic (exact) mass is 208 g/mol. The van der Waals surface area contributed by atoms with Crippen molar-refractivity contribution in [2.45, 2.75) is 64.0 Å². The number of fused-ring (bicyclic) bond motifs is 1.